The highest BCUT2D eigenvalue weighted by Crippen LogP contribution is 2.23. The summed E-state index contributed by atoms with van der Waals surface area (Å²) in [6.45, 7) is 1.43. The van der Waals surface area contributed by atoms with Crippen LogP contribution in [0.25, 0.3) is 0 Å². The van der Waals surface area contributed by atoms with Gasteiger partial charge in [0.05, 0.1) is 6.61 Å². The van der Waals surface area contributed by atoms with Crippen LogP contribution in [0.5, 0.6) is 0 Å². The first-order chi connectivity index (χ1) is 5.65. The van der Waals surface area contributed by atoms with Gasteiger partial charge in [-0.15, -0.1) is 0 Å². The summed E-state index contributed by atoms with van der Waals surface area (Å²) in [5.41, 5.74) is 1.08. The van der Waals surface area contributed by atoms with Crippen LogP contribution in [0, 0.1) is 6.92 Å². The number of aryl methyl sites for hydroxylation is 1. The van der Waals surface area contributed by atoms with Crippen LogP contribution in [-0.2, 0) is 6.61 Å². The molecule has 1 aromatic carbocycles. The van der Waals surface area contributed by atoms with Crippen LogP contribution in [0.3, 0.4) is 0 Å². The van der Waals surface area contributed by atoms with Crippen molar-refractivity contribution in [3.8, 4) is 0 Å². The molecule has 1 rings (SSSR count). The van der Waals surface area contributed by atoms with Crippen molar-refractivity contribution in [3.05, 3.63) is 34.9 Å². The van der Waals surface area contributed by atoms with Gasteiger partial charge in [0.1, 0.15) is 0 Å². The lowest BCUT2D eigenvalue weighted by Crippen LogP contribution is -1.92. The van der Waals surface area contributed by atoms with Crippen molar-refractivity contribution < 1.29 is 13.9 Å². The molecular weight excluding hydrogens is 162 g/mol. The molecule has 66 valence electrons. The van der Waals surface area contributed by atoms with Crippen LogP contribution < -0.4 is 0 Å². The smallest absolute Gasteiger partial charge is 0.264 e. The summed E-state index contributed by atoms with van der Waals surface area (Å²) in [5.74, 6) is 0. The molecule has 0 atom stereocenters. The van der Waals surface area contributed by atoms with E-state index in [1.54, 1.807) is 19.1 Å². The van der Waals surface area contributed by atoms with E-state index in [0.717, 1.165) is 0 Å². The largest absolute Gasteiger partial charge is 0.392 e. The standard InChI is InChI=1S/C9H10F2O/c1-6-2-3-7(5-12)4-8(6)9(10)11/h2-4,9,12H,5H2,1H3. The Kier molecular flexibility index (Phi) is 2.76. The normalized spacial score (nSPS) is 10.8. The minimum absolute atomic E-state index is 0.00144. The third-order valence-corrected chi connectivity index (χ3v) is 1.76. The summed E-state index contributed by atoms with van der Waals surface area (Å²) in [5, 5.41) is 8.69. The molecule has 0 aromatic heterocycles. The first-order valence-corrected chi connectivity index (χ1v) is 3.63. The highest BCUT2D eigenvalue weighted by Gasteiger charge is 2.10. The van der Waals surface area contributed by atoms with Crippen LogP contribution in [0.2, 0.25) is 0 Å². The fraction of sp³-hybridized carbons (Fsp3) is 0.333. The van der Waals surface area contributed by atoms with Crippen LogP contribution in [0.4, 0.5) is 8.78 Å². The Morgan fingerprint density at radius 1 is 1.42 bits per heavy atom. The van der Waals surface area contributed by atoms with Crippen molar-refractivity contribution >= 4 is 0 Å². The SMILES string of the molecule is Cc1ccc(CO)cc1C(F)F. The van der Waals surface area contributed by atoms with Gasteiger partial charge in [-0.1, -0.05) is 12.1 Å². The fourth-order valence-electron chi connectivity index (χ4n) is 1.02. The third kappa shape index (κ3) is 1.80. The molecule has 0 bridgehead atoms. The van der Waals surface area contributed by atoms with Crippen molar-refractivity contribution in [1.82, 2.24) is 0 Å². The van der Waals surface area contributed by atoms with Crippen molar-refractivity contribution in [1.29, 1.82) is 0 Å². The Morgan fingerprint density at radius 2 is 2.08 bits per heavy atom. The molecule has 0 radical (unpaired) electrons. The van der Waals surface area contributed by atoms with Gasteiger partial charge >= 0.3 is 0 Å². The van der Waals surface area contributed by atoms with E-state index in [2.05, 4.69) is 0 Å². The predicted molar refractivity (Wildman–Crippen MR) is 42.1 cm³/mol. The van der Waals surface area contributed by atoms with E-state index < -0.39 is 6.43 Å². The monoisotopic (exact) mass is 172 g/mol. The average molecular weight is 172 g/mol. The molecule has 1 N–H and O–H groups in total. The van der Waals surface area contributed by atoms with Gasteiger partial charge in [0.15, 0.2) is 0 Å². The lowest BCUT2D eigenvalue weighted by Gasteiger charge is -2.05. The Balaban J connectivity index is 3.08. The average Bonchev–Trinajstić information content (AvgIpc) is 2.05. The zero-order valence-corrected chi connectivity index (χ0v) is 6.72. The molecule has 1 nitrogen and oxygen atoms in total. The molecule has 0 aliphatic heterocycles. The van der Waals surface area contributed by atoms with Gasteiger partial charge in [-0.25, -0.2) is 8.78 Å². The van der Waals surface area contributed by atoms with Gasteiger partial charge in [0.2, 0.25) is 0 Å². The highest BCUT2D eigenvalue weighted by molar-refractivity contribution is 5.31. The molecule has 0 unspecified atom stereocenters. The summed E-state index contributed by atoms with van der Waals surface area (Å²) in [6.07, 6.45) is -2.46. The molecule has 0 amide bonds. The quantitative estimate of drug-likeness (QED) is 0.726. The Labute approximate surface area is 69.7 Å². The van der Waals surface area contributed by atoms with E-state index >= 15 is 0 Å². The summed E-state index contributed by atoms with van der Waals surface area (Å²) < 4.78 is 24.5. The van der Waals surface area contributed by atoms with Crippen molar-refractivity contribution in [2.45, 2.75) is 20.0 Å². The van der Waals surface area contributed by atoms with E-state index in [4.69, 9.17) is 5.11 Å². The molecule has 0 saturated heterocycles. The molecule has 0 aliphatic rings. The number of alkyl halides is 2. The maximum atomic E-state index is 12.3. The molecule has 0 aliphatic carbocycles. The Bertz CT molecular complexity index is 271. The van der Waals surface area contributed by atoms with Crippen LogP contribution in [-0.4, -0.2) is 5.11 Å². The minimum Gasteiger partial charge on any atom is -0.392 e. The van der Waals surface area contributed by atoms with Gasteiger partial charge in [-0.05, 0) is 24.1 Å². The van der Waals surface area contributed by atoms with Gasteiger partial charge in [-0.3, -0.25) is 0 Å². The molecule has 0 fully saturated rings. The van der Waals surface area contributed by atoms with Crippen LogP contribution >= 0.6 is 0 Å². The topological polar surface area (TPSA) is 20.2 Å². The summed E-state index contributed by atoms with van der Waals surface area (Å²) in [7, 11) is 0. The van der Waals surface area contributed by atoms with E-state index in [-0.39, 0.29) is 12.2 Å². The second kappa shape index (κ2) is 3.63. The molecule has 0 heterocycles. The number of hydrogen-bond donors (Lipinski definition) is 1. The molecule has 0 spiro atoms. The molecule has 3 heteroatoms. The maximum Gasteiger partial charge on any atom is 0.264 e. The number of benzene rings is 1. The number of aliphatic hydroxyl groups excluding tert-OH is 1. The molecule has 1 aromatic rings. The lowest BCUT2D eigenvalue weighted by molar-refractivity contribution is 0.150. The first kappa shape index (κ1) is 9.13. The Morgan fingerprint density at radius 3 is 2.58 bits per heavy atom. The zero-order valence-electron chi connectivity index (χ0n) is 6.72. The van der Waals surface area contributed by atoms with E-state index in [1.165, 1.54) is 6.07 Å². The fourth-order valence-corrected chi connectivity index (χ4v) is 1.02. The van der Waals surface area contributed by atoms with Gasteiger partial charge in [-0.2, -0.15) is 0 Å². The first-order valence-electron chi connectivity index (χ1n) is 3.63. The van der Waals surface area contributed by atoms with Crippen LogP contribution in [0.1, 0.15) is 23.1 Å². The van der Waals surface area contributed by atoms with E-state index in [1.807, 2.05) is 0 Å². The number of rotatable bonds is 2. The Hall–Kier alpha value is -0.960. The minimum atomic E-state index is -2.46. The van der Waals surface area contributed by atoms with Crippen molar-refractivity contribution in [2.24, 2.45) is 0 Å². The number of aliphatic hydroxyl groups is 1. The highest BCUT2D eigenvalue weighted by atomic mass is 19.3. The third-order valence-electron chi connectivity index (χ3n) is 1.76. The van der Waals surface area contributed by atoms with Gasteiger partial charge in [0.25, 0.3) is 6.43 Å². The maximum absolute atomic E-state index is 12.3. The van der Waals surface area contributed by atoms with E-state index in [0.29, 0.717) is 11.1 Å². The molecule has 0 saturated carbocycles. The second-order valence-electron chi connectivity index (χ2n) is 2.65. The summed E-state index contributed by atoms with van der Waals surface area (Å²) >= 11 is 0. The summed E-state index contributed by atoms with van der Waals surface area (Å²) in [4.78, 5) is 0. The van der Waals surface area contributed by atoms with Gasteiger partial charge < -0.3 is 5.11 Å². The van der Waals surface area contributed by atoms with E-state index in [9.17, 15) is 8.78 Å². The molecular formula is C9H10F2O. The number of halogens is 2. The van der Waals surface area contributed by atoms with Crippen molar-refractivity contribution in [2.75, 3.05) is 0 Å². The second-order valence-corrected chi connectivity index (χ2v) is 2.65. The molecule has 12 heavy (non-hydrogen) atoms. The summed E-state index contributed by atoms with van der Waals surface area (Å²) in [6, 6.07) is 4.56. The zero-order chi connectivity index (χ0) is 9.14. The lowest BCUT2D eigenvalue weighted by atomic mass is 10.1. The van der Waals surface area contributed by atoms with Gasteiger partial charge in [0, 0.05) is 5.56 Å². The van der Waals surface area contributed by atoms with Crippen LogP contribution in [0.15, 0.2) is 18.2 Å². The van der Waals surface area contributed by atoms with Crippen molar-refractivity contribution in [3.63, 3.8) is 0 Å². The predicted octanol–water partition coefficient (Wildman–Crippen LogP) is 2.42. The number of hydrogen-bond acceptors (Lipinski definition) is 1.